The lowest BCUT2D eigenvalue weighted by Crippen LogP contribution is -2.55. The van der Waals surface area contributed by atoms with E-state index in [2.05, 4.69) is 0 Å². The predicted octanol–water partition coefficient (Wildman–Crippen LogP) is 0.584. The number of carbonyl (C=O) groups is 1. The molecule has 4 nitrogen and oxygen atoms in total. The van der Waals surface area contributed by atoms with Crippen molar-refractivity contribution in [3.63, 3.8) is 0 Å². The number of aromatic carboxylic acids is 1. The average Bonchev–Trinajstić information content (AvgIpc) is 2.52. The number of aromatic nitrogens is 2. The summed E-state index contributed by atoms with van der Waals surface area (Å²) in [5.41, 5.74) is 1.49. The molecule has 0 atom stereocenters. The molecule has 0 radical (unpaired) electrons. The second kappa shape index (κ2) is 3.58. The van der Waals surface area contributed by atoms with Crippen LogP contribution in [0.25, 0.3) is 11.0 Å². The zero-order valence-electron chi connectivity index (χ0n) is 10.5. The first-order valence-electron chi connectivity index (χ1n) is 5.55. The van der Waals surface area contributed by atoms with Crippen LogP contribution in [0.3, 0.4) is 0 Å². The average molecular weight is 232 g/mol. The summed E-state index contributed by atoms with van der Waals surface area (Å²) in [6, 6.07) is 7.63. The standard InChI is InChI=1S/C13H16N2O2/c1-13(2,3)15-10-8-6-5-7-9(10)14(4)11(15)12(16)17/h5-8H,1-4H3. The SMILES string of the molecule is Cn1c(C(=O)[O-])[n+](C(C)(C)C)c2ccccc21. The highest BCUT2D eigenvalue weighted by atomic mass is 16.4. The largest absolute Gasteiger partial charge is 0.538 e. The molecule has 2 aromatic rings. The van der Waals surface area contributed by atoms with Gasteiger partial charge in [0, 0.05) is 0 Å². The van der Waals surface area contributed by atoms with Gasteiger partial charge in [0.05, 0.1) is 7.05 Å². The van der Waals surface area contributed by atoms with Gasteiger partial charge in [0.2, 0.25) is 0 Å². The molecular weight excluding hydrogens is 216 g/mol. The second-order valence-electron chi connectivity index (χ2n) is 5.17. The zero-order valence-corrected chi connectivity index (χ0v) is 10.5. The van der Waals surface area contributed by atoms with Crippen LogP contribution in [-0.4, -0.2) is 10.5 Å². The van der Waals surface area contributed by atoms with Crippen LogP contribution in [0.1, 0.15) is 31.4 Å². The fourth-order valence-electron chi connectivity index (χ4n) is 2.22. The van der Waals surface area contributed by atoms with Crippen LogP contribution in [0.4, 0.5) is 0 Å². The highest BCUT2D eigenvalue weighted by molar-refractivity contribution is 5.85. The first kappa shape index (κ1) is 11.6. The summed E-state index contributed by atoms with van der Waals surface area (Å²) < 4.78 is 3.47. The van der Waals surface area contributed by atoms with E-state index < -0.39 is 5.97 Å². The Kier molecular flexibility index (Phi) is 2.45. The van der Waals surface area contributed by atoms with Gasteiger partial charge < -0.3 is 9.90 Å². The Morgan fingerprint density at radius 3 is 2.41 bits per heavy atom. The van der Waals surface area contributed by atoms with E-state index in [1.807, 2.05) is 45.0 Å². The van der Waals surface area contributed by atoms with Gasteiger partial charge in [-0.25, -0.2) is 9.13 Å². The topological polar surface area (TPSA) is 48.9 Å². The predicted molar refractivity (Wildman–Crippen MR) is 62.4 cm³/mol. The molecule has 0 aliphatic rings. The minimum absolute atomic E-state index is 0.193. The minimum atomic E-state index is -1.15. The van der Waals surface area contributed by atoms with Crippen molar-refractivity contribution in [2.75, 3.05) is 0 Å². The molecule has 0 aliphatic carbocycles. The first-order valence-corrected chi connectivity index (χ1v) is 5.55. The number of nitrogens with zero attached hydrogens (tertiary/aromatic N) is 2. The van der Waals surface area contributed by atoms with Crippen molar-refractivity contribution >= 4 is 17.0 Å². The number of para-hydroxylation sites is 2. The maximum absolute atomic E-state index is 11.3. The van der Waals surface area contributed by atoms with Gasteiger partial charge in [-0.3, -0.25) is 0 Å². The van der Waals surface area contributed by atoms with Gasteiger partial charge in [0.25, 0.3) is 0 Å². The van der Waals surface area contributed by atoms with Crippen LogP contribution in [0.2, 0.25) is 0 Å². The molecule has 1 heterocycles. The van der Waals surface area contributed by atoms with E-state index in [1.54, 1.807) is 16.2 Å². The lowest BCUT2D eigenvalue weighted by atomic mass is 10.1. The fourth-order valence-corrected chi connectivity index (χ4v) is 2.22. The number of hydrogen-bond acceptors (Lipinski definition) is 2. The summed E-state index contributed by atoms with van der Waals surface area (Å²) in [4.78, 5) is 11.3. The number of carbonyl (C=O) groups excluding carboxylic acids is 1. The lowest BCUT2D eigenvalue weighted by molar-refractivity contribution is -0.734. The molecule has 4 heteroatoms. The second-order valence-corrected chi connectivity index (χ2v) is 5.17. The van der Waals surface area contributed by atoms with Crippen molar-refractivity contribution in [2.45, 2.75) is 26.3 Å². The van der Waals surface area contributed by atoms with E-state index in [4.69, 9.17) is 0 Å². The maximum atomic E-state index is 11.3. The van der Waals surface area contributed by atoms with Crippen molar-refractivity contribution in [1.82, 2.24) is 4.57 Å². The van der Waals surface area contributed by atoms with Crippen molar-refractivity contribution in [3.05, 3.63) is 30.1 Å². The molecule has 0 bridgehead atoms. The number of hydrogen-bond donors (Lipinski definition) is 0. The monoisotopic (exact) mass is 232 g/mol. The molecule has 0 fully saturated rings. The summed E-state index contributed by atoms with van der Waals surface area (Å²) >= 11 is 0. The Hall–Kier alpha value is -1.84. The summed E-state index contributed by atoms with van der Waals surface area (Å²) in [7, 11) is 1.75. The van der Waals surface area contributed by atoms with Crippen LogP contribution < -0.4 is 9.67 Å². The molecule has 0 spiro atoms. The molecule has 2 rings (SSSR count). The number of fused-ring (bicyclic) bond motifs is 1. The van der Waals surface area contributed by atoms with Gasteiger partial charge in [-0.05, 0) is 32.9 Å². The van der Waals surface area contributed by atoms with Crippen LogP contribution in [0, 0.1) is 0 Å². The third kappa shape index (κ3) is 1.69. The molecule has 0 aliphatic heterocycles. The molecule has 17 heavy (non-hydrogen) atoms. The number of carboxylic acids is 1. The van der Waals surface area contributed by atoms with E-state index in [9.17, 15) is 9.90 Å². The van der Waals surface area contributed by atoms with Gasteiger partial charge in [-0.2, -0.15) is 0 Å². The molecule has 1 aromatic heterocycles. The van der Waals surface area contributed by atoms with Gasteiger partial charge in [0.15, 0.2) is 17.0 Å². The van der Waals surface area contributed by atoms with Gasteiger partial charge in [-0.1, -0.05) is 12.1 Å². The van der Waals surface area contributed by atoms with E-state index in [0.29, 0.717) is 0 Å². The van der Waals surface area contributed by atoms with Crippen LogP contribution in [-0.2, 0) is 12.6 Å². The minimum Gasteiger partial charge on any atom is -0.538 e. The molecule has 1 aromatic carbocycles. The number of rotatable bonds is 1. The molecular formula is C13H16N2O2. The summed E-state index contributed by atoms with van der Waals surface area (Å²) in [6.07, 6.45) is 0. The van der Waals surface area contributed by atoms with E-state index in [1.165, 1.54) is 0 Å². The van der Waals surface area contributed by atoms with Crippen LogP contribution in [0.15, 0.2) is 24.3 Å². The quantitative estimate of drug-likeness (QED) is 0.675. The van der Waals surface area contributed by atoms with E-state index >= 15 is 0 Å². The molecule has 0 unspecified atom stereocenters. The number of imidazole rings is 1. The number of aryl methyl sites for hydroxylation is 1. The number of carboxylic acid groups (broad SMARTS) is 1. The van der Waals surface area contributed by atoms with Crippen LogP contribution >= 0.6 is 0 Å². The molecule has 0 N–H and O–H groups in total. The normalized spacial score (nSPS) is 12.0. The first-order chi connectivity index (χ1) is 7.84. The van der Waals surface area contributed by atoms with Crippen molar-refractivity contribution < 1.29 is 14.5 Å². The molecule has 90 valence electrons. The highest BCUT2D eigenvalue weighted by Gasteiger charge is 2.31. The van der Waals surface area contributed by atoms with Crippen molar-refractivity contribution in [1.29, 1.82) is 0 Å². The smallest absolute Gasteiger partial charge is 0.306 e. The summed E-state index contributed by atoms with van der Waals surface area (Å²) in [5, 5.41) is 11.3. The highest BCUT2D eigenvalue weighted by Crippen LogP contribution is 2.17. The summed E-state index contributed by atoms with van der Waals surface area (Å²) in [6.45, 7) is 5.93. The number of benzene rings is 1. The fraction of sp³-hybridized carbons (Fsp3) is 0.385. The summed E-state index contributed by atoms with van der Waals surface area (Å²) in [5.74, 6) is -0.961. The Morgan fingerprint density at radius 2 is 1.88 bits per heavy atom. The Bertz CT molecular complexity index is 591. The Labute approximate surface area is 100 Å². The lowest BCUT2D eigenvalue weighted by Gasteiger charge is -2.18. The van der Waals surface area contributed by atoms with Gasteiger partial charge in [-0.15, -0.1) is 0 Å². The van der Waals surface area contributed by atoms with E-state index in [-0.39, 0.29) is 11.4 Å². The van der Waals surface area contributed by atoms with Crippen LogP contribution in [0.5, 0.6) is 0 Å². The third-order valence-corrected chi connectivity index (χ3v) is 2.87. The molecule has 0 saturated heterocycles. The van der Waals surface area contributed by atoms with Crippen molar-refractivity contribution in [3.8, 4) is 0 Å². The van der Waals surface area contributed by atoms with E-state index in [0.717, 1.165) is 11.0 Å². The van der Waals surface area contributed by atoms with Gasteiger partial charge in [0.1, 0.15) is 5.54 Å². The third-order valence-electron chi connectivity index (χ3n) is 2.87. The molecule has 0 amide bonds. The maximum Gasteiger partial charge on any atom is 0.306 e. The zero-order chi connectivity index (χ0) is 12.8. The van der Waals surface area contributed by atoms with Gasteiger partial charge >= 0.3 is 5.82 Å². The Balaban J connectivity index is 2.96. The Morgan fingerprint density at radius 1 is 1.29 bits per heavy atom. The molecule has 0 saturated carbocycles. The van der Waals surface area contributed by atoms with Crippen molar-refractivity contribution in [2.24, 2.45) is 7.05 Å².